The van der Waals surface area contributed by atoms with Gasteiger partial charge in [-0.25, -0.2) is 4.79 Å². The molecule has 1 atom stereocenters. The van der Waals surface area contributed by atoms with Crippen LogP contribution in [0.5, 0.6) is 0 Å². The molecule has 0 radical (unpaired) electrons. The van der Waals surface area contributed by atoms with Crippen LogP contribution < -0.4 is 10.6 Å². The van der Waals surface area contributed by atoms with Gasteiger partial charge in [-0.3, -0.25) is 4.79 Å². The fourth-order valence-corrected chi connectivity index (χ4v) is 2.41. The predicted octanol–water partition coefficient (Wildman–Crippen LogP) is 2.33. The Morgan fingerprint density at radius 3 is 2.57 bits per heavy atom. The average Bonchev–Trinajstić information content (AvgIpc) is 2.54. The van der Waals surface area contributed by atoms with E-state index in [1.165, 1.54) is 7.11 Å². The third-order valence-electron chi connectivity index (χ3n) is 3.42. The number of para-hydroxylation sites is 1. The van der Waals surface area contributed by atoms with Crippen LogP contribution >= 0.6 is 0 Å². The Kier molecular flexibility index (Phi) is 3.31. The molecular formula is C16H14N2O3. The Morgan fingerprint density at radius 2 is 1.76 bits per heavy atom. The molecule has 106 valence electrons. The van der Waals surface area contributed by atoms with Crippen molar-refractivity contribution in [3.05, 3.63) is 65.2 Å². The summed E-state index contributed by atoms with van der Waals surface area (Å²) in [6.45, 7) is 0. The Bertz CT molecular complexity index is 712. The first-order valence-corrected chi connectivity index (χ1v) is 6.54. The van der Waals surface area contributed by atoms with Gasteiger partial charge in [-0.15, -0.1) is 0 Å². The van der Waals surface area contributed by atoms with E-state index in [1.807, 2.05) is 24.3 Å². The van der Waals surface area contributed by atoms with Crippen LogP contribution in [-0.2, 0) is 4.74 Å². The Balaban J connectivity index is 2.00. The molecule has 1 amide bonds. The molecule has 0 bridgehead atoms. The second-order valence-corrected chi connectivity index (χ2v) is 4.68. The molecule has 0 spiro atoms. The summed E-state index contributed by atoms with van der Waals surface area (Å²) in [5.74, 6) is -0.602. The summed E-state index contributed by atoms with van der Waals surface area (Å²) in [5, 5.41) is 6.07. The molecule has 0 saturated heterocycles. The maximum absolute atomic E-state index is 12.2. The number of methoxy groups -OCH3 is 1. The molecule has 3 rings (SSSR count). The molecule has 0 saturated carbocycles. The van der Waals surface area contributed by atoms with Gasteiger partial charge in [0.25, 0.3) is 5.91 Å². The summed E-state index contributed by atoms with van der Waals surface area (Å²) in [6.07, 6.45) is -0.470. The molecule has 21 heavy (non-hydrogen) atoms. The van der Waals surface area contributed by atoms with E-state index in [0.717, 1.165) is 5.69 Å². The van der Waals surface area contributed by atoms with Crippen molar-refractivity contribution in [2.75, 3.05) is 12.4 Å². The van der Waals surface area contributed by atoms with E-state index < -0.39 is 12.1 Å². The molecule has 5 heteroatoms. The van der Waals surface area contributed by atoms with Crippen molar-refractivity contribution >= 4 is 17.6 Å². The first kappa shape index (κ1) is 13.2. The molecule has 5 nitrogen and oxygen atoms in total. The number of amides is 1. The first-order chi connectivity index (χ1) is 10.2. The number of nitrogens with one attached hydrogen (secondary N) is 2. The average molecular weight is 282 g/mol. The molecule has 2 aromatic carbocycles. The molecule has 0 unspecified atom stereocenters. The molecule has 0 aromatic heterocycles. The number of anilines is 1. The minimum absolute atomic E-state index is 0.172. The standard InChI is InChI=1S/C16H14N2O3/c1-21-16(20)11-7-3-2-6-10(11)14-17-13-9-5-4-8-12(13)15(19)18-14/h2-9,14,17H,1H3,(H,18,19)/t14-/m0/s1. The number of rotatable bonds is 2. The van der Waals surface area contributed by atoms with Crippen molar-refractivity contribution < 1.29 is 14.3 Å². The topological polar surface area (TPSA) is 67.4 Å². The number of esters is 1. The normalized spacial score (nSPS) is 16.4. The largest absolute Gasteiger partial charge is 0.465 e. The number of ether oxygens (including phenoxy) is 1. The third-order valence-corrected chi connectivity index (χ3v) is 3.42. The quantitative estimate of drug-likeness (QED) is 0.830. The Labute approximate surface area is 121 Å². The Hall–Kier alpha value is -2.82. The highest BCUT2D eigenvalue weighted by Gasteiger charge is 2.27. The molecule has 1 aliphatic heterocycles. The summed E-state index contributed by atoms with van der Waals surface area (Å²) >= 11 is 0. The van der Waals surface area contributed by atoms with Crippen LogP contribution in [0, 0.1) is 0 Å². The zero-order chi connectivity index (χ0) is 14.8. The lowest BCUT2D eigenvalue weighted by atomic mass is 10.0. The van der Waals surface area contributed by atoms with E-state index in [1.54, 1.807) is 24.3 Å². The van der Waals surface area contributed by atoms with Crippen LogP contribution in [0.25, 0.3) is 0 Å². The SMILES string of the molecule is COC(=O)c1ccccc1[C@@H]1NC(=O)c2ccccc2N1. The fraction of sp³-hybridized carbons (Fsp3) is 0.125. The van der Waals surface area contributed by atoms with Crippen LogP contribution in [-0.4, -0.2) is 19.0 Å². The van der Waals surface area contributed by atoms with E-state index in [2.05, 4.69) is 10.6 Å². The van der Waals surface area contributed by atoms with Crippen LogP contribution in [0.1, 0.15) is 32.4 Å². The van der Waals surface area contributed by atoms with Crippen LogP contribution in [0.4, 0.5) is 5.69 Å². The van der Waals surface area contributed by atoms with Gasteiger partial charge in [-0.2, -0.15) is 0 Å². The highest BCUT2D eigenvalue weighted by atomic mass is 16.5. The van der Waals surface area contributed by atoms with Gasteiger partial charge >= 0.3 is 5.97 Å². The zero-order valence-corrected chi connectivity index (χ0v) is 11.4. The van der Waals surface area contributed by atoms with E-state index in [9.17, 15) is 9.59 Å². The van der Waals surface area contributed by atoms with Gasteiger partial charge in [0.1, 0.15) is 6.17 Å². The number of carbonyl (C=O) groups excluding carboxylic acids is 2. The maximum Gasteiger partial charge on any atom is 0.338 e. The first-order valence-electron chi connectivity index (χ1n) is 6.54. The van der Waals surface area contributed by atoms with Crippen LogP contribution in [0.3, 0.4) is 0 Å². The third kappa shape index (κ3) is 2.33. The summed E-state index contributed by atoms with van der Waals surface area (Å²) in [6, 6.07) is 14.3. The number of hydrogen-bond acceptors (Lipinski definition) is 4. The van der Waals surface area contributed by atoms with Gasteiger partial charge in [-0.05, 0) is 18.2 Å². The zero-order valence-electron chi connectivity index (χ0n) is 11.4. The highest BCUT2D eigenvalue weighted by molar-refractivity contribution is 6.02. The maximum atomic E-state index is 12.2. The molecule has 1 aliphatic rings. The summed E-state index contributed by atoms with van der Waals surface area (Å²) in [5.41, 5.74) is 2.43. The Morgan fingerprint density at radius 1 is 1.05 bits per heavy atom. The van der Waals surface area contributed by atoms with Gasteiger partial charge in [0.2, 0.25) is 0 Å². The number of fused-ring (bicyclic) bond motifs is 1. The van der Waals surface area contributed by atoms with E-state index in [0.29, 0.717) is 16.7 Å². The summed E-state index contributed by atoms with van der Waals surface area (Å²) in [7, 11) is 1.33. The van der Waals surface area contributed by atoms with Crippen molar-refractivity contribution in [3.63, 3.8) is 0 Å². The van der Waals surface area contributed by atoms with E-state index in [-0.39, 0.29) is 5.91 Å². The molecule has 0 fully saturated rings. The van der Waals surface area contributed by atoms with Gasteiger partial charge in [0.15, 0.2) is 0 Å². The van der Waals surface area contributed by atoms with E-state index >= 15 is 0 Å². The number of carbonyl (C=O) groups is 2. The number of benzene rings is 2. The lowest BCUT2D eigenvalue weighted by Crippen LogP contribution is -2.39. The van der Waals surface area contributed by atoms with Crippen molar-refractivity contribution in [3.8, 4) is 0 Å². The van der Waals surface area contributed by atoms with Crippen LogP contribution in [0.2, 0.25) is 0 Å². The molecule has 2 N–H and O–H groups in total. The predicted molar refractivity (Wildman–Crippen MR) is 78.1 cm³/mol. The summed E-state index contributed by atoms with van der Waals surface area (Å²) in [4.78, 5) is 24.0. The van der Waals surface area contributed by atoms with Crippen molar-refractivity contribution in [1.29, 1.82) is 0 Å². The fourth-order valence-electron chi connectivity index (χ4n) is 2.41. The molecule has 1 heterocycles. The number of hydrogen-bond donors (Lipinski definition) is 2. The van der Waals surface area contributed by atoms with Crippen molar-refractivity contribution in [1.82, 2.24) is 5.32 Å². The van der Waals surface area contributed by atoms with Crippen molar-refractivity contribution in [2.45, 2.75) is 6.17 Å². The second kappa shape index (κ2) is 5.28. The molecule has 2 aromatic rings. The van der Waals surface area contributed by atoms with Crippen LogP contribution in [0.15, 0.2) is 48.5 Å². The van der Waals surface area contributed by atoms with Gasteiger partial charge in [-0.1, -0.05) is 30.3 Å². The van der Waals surface area contributed by atoms with Gasteiger partial charge in [0, 0.05) is 11.3 Å². The van der Waals surface area contributed by atoms with E-state index in [4.69, 9.17) is 4.74 Å². The van der Waals surface area contributed by atoms with Gasteiger partial charge < -0.3 is 15.4 Å². The second-order valence-electron chi connectivity index (χ2n) is 4.68. The minimum Gasteiger partial charge on any atom is -0.465 e. The van der Waals surface area contributed by atoms with Crippen molar-refractivity contribution in [2.24, 2.45) is 0 Å². The summed E-state index contributed by atoms with van der Waals surface area (Å²) < 4.78 is 4.78. The minimum atomic E-state index is -0.470. The molecular weight excluding hydrogens is 268 g/mol. The smallest absolute Gasteiger partial charge is 0.338 e. The monoisotopic (exact) mass is 282 g/mol. The molecule has 0 aliphatic carbocycles. The van der Waals surface area contributed by atoms with Gasteiger partial charge in [0.05, 0.1) is 18.2 Å². The highest BCUT2D eigenvalue weighted by Crippen LogP contribution is 2.28. The lowest BCUT2D eigenvalue weighted by Gasteiger charge is -2.29. The lowest BCUT2D eigenvalue weighted by molar-refractivity contribution is 0.0597.